The average Bonchev–Trinajstić information content (AvgIpc) is 2.26. The van der Waals surface area contributed by atoms with Gasteiger partial charge in [0.15, 0.2) is 0 Å². The molecule has 1 aromatic rings. The molecule has 1 atom stereocenters. The van der Waals surface area contributed by atoms with Gasteiger partial charge in [-0.3, -0.25) is 0 Å². The minimum atomic E-state index is -0.128. The Bertz CT molecular complexity index is 407. The number of thioether (sulfide) groups is 1. The van der Waals surface area contributed by atoms with Crippen LogP contribution in [0.2, 0.25) is 0 Å². The summed E-state index contributed by atoms with van der Waals surface area (Å²) in [5.74, 6) is -0.128. The number of hydrogen-bond acceptors (Lipinski definition) is 3. The molecule has 1 aromatic carbocycles. The Hall–Kier alpha value is -0.580. The van der Waals surface area contributed by atoms with Crippen molar-refractivity contribution in [2.75, 3.05) is 20.3 Å². The largest absolute Gasteiger partial charge is 0.379 e. The van der Waals surface area contributed by atoms with Gasteiger partial charge in [-0.25, -0.2) is 4.39 Å². The van der Waals surface area contributed by atoms with E-state index < -0.39 is 0 Å². The molecule has 1 heterocycles. The SMILES string of the molecule is CNC(C)c1cc(F)c(C)cc1SC1COC1. The van der Waals surface area contributed by atoms with Gasteiger partial charge in [0.25, 0.3) is 0 Å². The zero-order chi connectivity index (χ0) is 12.4. The molecule has 1 aliphatic heterocycles. The molecule has 0 aliphatic carbocycles. The van der Waals surface area contributed by atoms with Crippen LogP contribution in [0.25, 0.3) is 0 Å². The van der Waals surface area contributed by atoms with Crippen LogP contribution in [-0.4, -0.2) is 25.5 Å². The molecule has 0 aromatic heterocycles. The first-order valence-electron chi connectivity index (χ1n) is 5.83. The Morgan fingerprint density at radius 3 is 2.71 bits per heavy atom. The van der Waals surface area contributed by atoms with Gasteiger partial charge in [-0.05, 0) is 44.2 Å². The summed E-state index contributed by atoms with van der Waals surface area (Å²) < 4.78 is 18.8. The Kier molecular flexibility index (Phi) is 4.07. The van der Waals surface area contributed by atoms with Gasteiger partial charge in [0.1, 0.15) is 5.82 Å². The molecule has 1 fully saturated rings. The van der Waals surface area contributed by atoms with E-state index in [4.69, 9.17) is 4.74 Å². The minimum absolute atomic E-state index is 0.128. The van der Waals surface area contributed by atoms with E-state index in [9.17, 15) is 4.39 Å². The highest BCUT2D eigenvalue weighted by Gasteiger charge is 2.22. The number of hydrogen-bond donors (Lipinski definition) is 1. The van der Waals surface area contributed by atoms with Crippen LogP contribution in [0.1, 0.15) is 24.1 Å². The predicted molar refractivity (Wildman–Crippen MR) is 69.1 cm³/mol. The molecule has 0 bridgehead atoms. The summed E-state index contributed by atoms with van der Waals surface area (Å²) in [4.78, 5) is 1.17. The molecular formula is C13H18FNOS. The highest BCUT2D eigenvalue weighted by atomic mass is 32.2. The lowest BCUT2D eigenvalue weighted by Crippen LogP contribution is -2.30. The molecule has 1 unspecified atom stereocenters. The second-order valence-corrected chi connectivity index (χ2v) is 5.77. The first kappa shape index (κ1) is 12.9. The van der Waals surface area contributed by atoms with E-state index in [1.165, 1.54) is 4.90 Å². The lowest BCUT2D eigenvalue weighted by atomic mass is 10.1. The van der Waals surface area contributed by atoms with Crippen LogP contribution in [0.3, 0.4) is 0 Å². The summed E-state index contributed by atoms with van der Waals surface area (Å²) in [6, 6.07) is 3.76. The lowest BCUT2D eigenvalue weighted by Gasteiger charge is -2.27. The maximum Gasteiger partial charge on any atom is 0.126 e. The maximum atomic E-state index is 13.6. The van der Waals surface area contributed by atoms with E-state index >= 15 is 0 Å². The van der Waals surface area contributed by atoms with Crippen LogP contribution in [0.15, 0.2) is 17.0 Å². The fourth-order valence-corrected chi connectivity index (χ4v) is 3.03. The van der Waals surface area contributed by atoms with Crippen LogP contribution < -0.4 is 5.32 Å². The van der Waals surface area contributed by atoms with Crippen molar-refractivity contribution in [3.05, 3.63) is 29.1 Å². The molecule has 0 spiro atoms. The third-order valence-electron chi connectivity index (χ3n) is 3.09. The summed E-state index contributed by atoms with van der Waals surface area (Å²) in [7, 11) is 1.89. The van der Waals surface area contributed by atoms with Crippen molar-refractivity contribution in [1.82, 2.24) is 5.32 Å². The van der Waals surface area contributed by atoms with Gasteiger partial charge >= 0.3 is 0 Å². The van der Waals surface area contributed by atoms with Crippen LogP contribution in [0, 0.1) is 12.7 Å². The van der Waals surface area contributed by atoms with Gasteiger partial charge in [-0.2, -0.15) is 0 Å². The van der Waals surface area contributed by atoms with E-state index in [0.717, 1.165) is 18.8 Å². The van der Waals surface area contributed by atoms with Crippen LogP contribution in [-0.2, 0) is 4.74 Å². The summed E-state index contributed by atoms with van der Waals surface area (Å²) in [6.07, 6.45) is 0. The monoisotopic (exact) mass is 255 g/mol. The van der Waals surface area contributed by atoms with Crippen molar-refractivity contribution >= 4 is 11.8 Å². The van der Waals surface area contributed by atoms with Crippen LogP contribution in [0.5, 0.6) is 0 Å². The van der Waals surface area contributed by atoms with Crippen molar-refractivity contribution < 1.29 is 9.13 Å². The molecular weight excluding hydrogens is 237 g/mol. The molecule has 1 N–H and O–H groups in total. The van der Waals surface area contributed by atoms with E-state index in [1.807, 2.05) is 27.0 Å². The van der Waals surface area contributed by atoms with E-state index in [1.54, 1.807) is 17.8 Å². The number of rotatable bonds is 4. The van der Waals surface area contributed by atoms with Crippen molar-refractivity contribution in [1.29, 1.82) is 0 Å². The highest BCUT2D eigenvalue weighted by molar-refractivity contribution is 8.00. The number of halogens is 1. The normalized spacial score (nSPS) is 17.9. The van der Waals surface area contributed by atoms with E-state index in [0.29, 0.717) is 10.8 Å². The summed E-state index contributed by atoms with van der Waals surface area (Å²) >= 11 is 1.79. The third kappa shape index (κ3) is 2.81. The minimum Gasteiger partial charge on any atom is -0.379 e. The van der Waals surface area contributed by atoms with Gasteiger partial charge in [0.2, 0.25) is 0 Å². The Labute approximate surface area is 106 Å². The van der Waals surface area contributed by atoms with E-state index in [2.05, 4.69) is 5.32 Å². The standard InChI is InChI=1S/C13H18FNOS/c1-8-4-13(17-10-6-16-7-10)11(5-12(8)14)9(2)15-3/h4-5,9-10,15H,6-7H2,1-3H3. The molecule has 1 aliphatic rings. The molecule has 2 nitrogen and oxygen atoms in total. The zero-order valence-electron chi connectivity index (χ0n) is 10.4. The van der Waals surface area contributed by atoms with Gasteiger partial charge in [-0.1, -0.05) is 0 Å². The summed E-state index contributed by atoms with van der Waals surface area (Å²) in [5.41, 5.74) is 1.74. The van der Waals surface area contributed by atoms with Gasteiger partial charge < -0.3 is 10.1 Å². The first-order chi connectivity index (χ1) is 8.11. The topological polar surface area (TPSA) is 21.3 Å². The van der Waals surface area contributed by atoms with Crippen molar-refractivity contribution in [3.8, 4) is 0 Å². The van der Waals surface area contributed by atoms with Crippen LogP contribution in [0.4, 0.5) is 4.39 Å². The Balaban J connectivity index is 2.28. The maximum absolute atomic E-state index is 13.6. The number of aryl methyl sites for hydroxylation is 1. The number of nitrogens with one attached hydrogen (secondary N) is 1. The number of ether oxygens (including phenoxy) is 1. The number of benzene rings is 1. The second kappa shape index (κ2) is 5.38. The van der Waals surface area contributed by atoms with Crippen molar-refractivity contribution in [3.63, 3.8) is 0 Å². The molecule has 0 amide bonds. The second-order valence-electron chi connectivity index (χ2n) is 4.43. The zero-order valence-corrected chi connectivity index (χ0v) is 11.2. The lowest BCUT2D eigenvalue weighted by molar-refractivity contribution is 0.0455. The van der Waals surface area contributed by atoms with Gasteiger partial charge in [-0.15, -0.1) is 11.8 Å². The quantitative estimate of drug-likeness (QED) is 0.894. The third-order valence-corrected chi connectivity index (χ3v) is 4.30. The Morgan fingerprint density at radius 1 is 1.47 bits per heavy atom. The average molecular weight is 255 g/mol. The fourth-order valence-electron chi connectivity index (χ4n) is 1.73. The molecule has 0 radical (unpaired) electrons. The highest BCUT2D eigenvalue weighted by Crippen LogP contribution is 2.34. The summed E-state index contributed by atoms with van der Waals surface area (Å²) in [5, 5.41) is 3.68. The van der Waals surface area contributed by atoms with Gasteiger partial charge in [0.05, 0.1) is 18.5 Å². The molecule has 0 saturated carbocycles. The molecule has 17 heavy (non-hydrogen) atoms. The Morgan fingerprint density at radius 2 is 2.18 bits per heavy atom. The fraction of sp³-hybridized carbons (Fsp3) is 0.538. The smallest absolute Gasteiger partial charge is 0.126 e. The summed E-state index contributed by atoms with van der Waals surface area (Å²) in [6.45, 7) is 5.46. The molecule has 2 rings (SSSR count). The molecule has 94 valence electrons. The van der Waals surface area contributed by atoms with Crippen molar-refractivity contribution in [2.24, 2.45) is 0 Å². The van der Waals surface area contributed by atoms with Gasteiger partial charge in [0, 0.05) is 10.9 Å². The first-order valence-corrected chi connectivity index (χ1v) is 6.71. The molecule has 1 saturated heterocycles. The predicted octanol–water partition coefficient (Wildman–Crippen LogP) is 2.91. The van der Waals surface area contributed by atoms with Crippen molar-refractivity contribution in [2.45, 2.75) is 30.0 Å². The van der Waals surface area contributed by atoms with Crippen LogP contribution >= 0.6 is 11.8 Å². The molecule has 4 heteroatoms. The van der Waals surface area contributed by atoms with E-state index in [-0.39, 0.29) is 11.9 Å².